The quantitative estimate of drug-likeness (QED) is 0.314. The minimum atomic E-state index is -1.62. The van der Waals surface area contributed by atoms with Crippen LogP contribution in [0.4, 0.5) is 22.7 Å². The Labute approximate surface area is 197 Å². The predicted octanol–water partition coefficient (Wildman–Crippen LogP) is 4.10. The molecule has 9 nitrogen and oxygen atoms in total. The summed E-state index contributed by atoms with van der Waals surface area (Å²) in [7, 11) is 2.68. The molecule has 0 amide bonds. The van der Waals surface area contributed by atoms with Gasteiger partial charge in [-0.2, -0.15) is 0 Å². The summed E-state index contributed by atoms with van der Waals surface area (Å²) in [5.74, 6) is -3.14. The summed E-state index contributed by atoms with van der Waals surface area (Å²) in [4.78, 5) is 50.1. The number of ketones is 2. The molecule has 3 N–H and O–H groups in total. The molecule has 0 fully saturated rings. The van der Waals surface area contributed by atoms with E-state index in [4.69, 9.17) is 9.47 Å². The number of anilines is 4. The number of methoxy groups -OCH3 is 2. The molecule has 2 atom stereocenters. The molecule has 3 rings (SSSR count). The standard InChI is InChI=1S/C25H28N2O7/c1-6-17(28)13(2)22(29)25(3,24(32)34-5)12-14-10-11-18(33-4)21-19(14)26-16-9-7-8-15(23(30)31)20(16)27-21/h7-11,13,26-27H,6,12H2,1-5H3,(H,30,31). The highest BCUT2D eigenvalue weighted by Gasteiger charge is 2.46. The maximum absolute atomic E-state index is 13.3. The Morgan fingerprint density at radius 1 is 1.03 bits per heavy atom. The summed E-state index contributed by atoms with van der Waals surface area (Å²) in [6.45, 7) is 4.64. The smallest absolute Gasteiger partial charge is 0.337 e. The molecular formula is C25H28N2O7. The van der Waals surface area contributed by atoms with E-state index < -0.39 is 29.1 Å². The van der Waals surface area contributed by atoms with Gasteiger partial charge < -0.3 is 25.2 Å². The van der Waals surface area contributed by atoms with E-state index in [1.54, 1.807) is 31.2 Å². The molecule has 0 spiro atoms. The van der Waals surface area contributed by atoms with Gasteiger partial charge >= 0.3 is 11.9 Å². The molecule has 180 valence electrons. The first-order valence-electron chi connectivity index (χ1n) is 10.8. The van der Waals surface area contributed by atoms with Crippen molar-refractivity contribution >= 4 is 46.3 Å². The van der Waals surface area contributed by atoms with Crippen molar-refractivity contribution in [1.82, 2.24) is 0 Å². The zero-order chi connectivity index (χ0) is 25.2. The number of carbonyl (C=O) groups excluding carboxylic acids is 3. The number of hydrogen-bond donors (Lipinski definition) is 3. The van der Waals surface area contributed by atoms with Gasteiger partial charge in [0.1, 0.15) is 22.6 Å². The van der Waals surface area contributed by atoms with E-state index in [0.29, 0.717) is 34.1 Å². The van der Waals surface area contributed by atoms with Gasteiger partial charge in [-0.05, 0) is 44.0 Å². The molecule has 0 aromatic heterocycles. The summed E-state index contributed by atoms with van der Waals surface area (Å²) in [6, 6.07) is 8.20. The number of para-hydroxylation sites is 1. The van der Waals surface area contributed by atoms with Crippen LogP contribution < -0.4 is 15.4 Å². The van der Waals surface area contributed by atoms with Crippen LogP contribution in [-0.4, -0.2) is 42.8 Å². The summed E-state index contributed by atoms with van der Waals surface area (Å²) in [5, 5.41) is 15.9. The molecule has 9 heteroatoms. The van der Waals surface area contributed by atoms with Crippen LogP contribution in [0.1, 0.15) is 43.1 Å². The molecule has 0 bridgehead atoms. The number of benzene rings is 2. The van der Waals surface area contributed by atoms with Gasteiger partial charge in [-0.15, -0.1) is 0 Å². The van der Waals surface area contributed by atoms with Crippen molar-refractivity contribution in [3.63, 3.8) is 0 Å². The fourth-order valence-electron chi connectivity index (χ4n) is 4.24. The number of rotatable bonds is 9. The van der Waals surface area contributed by atoms with E-state index in [-0.39, 0.29) is 24.2 Å². The van der Waals surface area contributed by atoms with E-state index in [9.17, 15) is 24.3 Å². The van der Waals surface area contributed by atoms with Gasteiger partial charge in [-0.25, -0.2) is 4.79 Å². The number of fused-ring (bicyclic) bond motifs is 2. The van der Waals surface area contributed by atoms with Crippen LogP contribution in [0.3, 0.4) is 0 Å². The highest BCUT2D eigenvalue weighted by atomic mass is 16.5. The maximum atomic E-state index is 13.3. The number of carboxylic acids is 1. The van der Waals surface area contributed by atoms with E-state index in [0.717, 1.165) is 0 Å². The van der Waals surface area contributed by atoms with Crippen molar-refractivity contribution in [3.8, 4) is 5.75 Å². The summed E-state index contributed by atoms with van der Waals surface area (Å²) >= 11 is 0. The van der Waals surface area contributed by atoms with Crippen molar-refractivity contribution in [1.29, 1.82) is 0 Å². The van der Waals surface area contributed by atoms with E-state index in [1.165, 1.54) is 34.1 Å². The lowest BCUT2D eigenvalue weighted by Crippen LogP contribution is -2.44. The molecule has 34 heavy (non-hydrogen) atoms. The third-order valence-corrected chi connectivity index (χ3v) is 6.23. The van der Waals surface area contributed by atoms with E-state index in [2.05, 4.69) is 10.6 Å². The minimum Gasteiger partial charge on any atom is -0.494 e. The topological polar surface area (TPSA) is 131 Å². The van der Waals surface area contributed by atoms with Crippen molar-refractivity contribution < 1.29 is 33.8 Å². The van der Waals surface area contributed by atoms with Crippen molar-refractivity contribution in [2.45, 2.75) is 33.6 Å². The molecule has 0 radical (unpaired) electrons. The fourth-order valence-corrected chi connectivity index (χ4v) is 4.24. The second kappa shape index (κ2) is 9.54. The van der Waals surface area contributed by atoms with Gasteiger partial charge in [-0.3, -0.25) is 14.4 Å². The van der Waals surface area contributed by atoms with Crippen molar-refractivity contribution in [3.05, 3.63) is 41.5 Å². The number of nitrogens with one attached hydrogen (secondary N) is 2. The Morgan fingerprint density at radius 3 is 2.32 bits per heavy atom. The highest BCUT2D eigenvalue weighted by molar-refractivity contribution is 6.13. The number of ether oxygens (including phenoxy) is 2. The minimum absolute atomic E-state index is 0.0468. The lowest BCUT2D eigenvalue weighted by atomic mass is 9.73. The Bertz CT molecular complexity index is 1170. The average molecular weight is 469 g/mol. The number of hydrogen-bond acceptors (Lipinski definition) is 8. The van der Waals surface area contributed by atoms with Gasteiger partial charge in [0, 0.05) is 6.42 Å². The number of aromatic carboxylic acids is 1. The van der Waals surface area contributed by atoms with Gasteiger partial charge in [0.05, 0.1) is 42.8 Å². The van der Waals surface area contributed by atoms with Crippen LogP contribution in [0.15, 0.2) is 30.3 Å². The van der Waals surface area contributed by atoms with Gasteiger partial charge in [-0.1, -0.05) is 19.1 Å². The first-order chi connectivity index (χ1) is 16.1. The third kappa shape index (κ3) is 4.21. The van der Waals surface area contributed by atoms with E-state index >= 15 is 0 Å². The molecule has 0 saturated carbocycles. The Balaban J connectivity index is 2.11. The molecular weight excluding hydrogens is 440 g/mol. The van der Waals surface area contributed by atoms with Crippen LogP contribution in [0.2, 0.25) is 0 Å². The summed E-state index contributed by atoms with van der Waals surface area (Å²) in [5.41, 5.74) is 0.933. The number of esters is 1. The first-order valence-corrected chi connectivity index (χ1v) is 10.8. The lowest BCUT2D eigenvalue weighted by molar-refractivity contribution is -0.158. The monoisotopic (exact) mass is 468 g/mol. The largest absolute Gasteiger partial charge is 0.494 e. The summed E-state index contributed by atoms with van der Waals surface area (Å²) < 4.78 is 10.4. The number of carbonyl (C=O) groups is 4. The molecule has 1 heterocycles. The van der Waals surface area contributed by atoms with Crippen LogP contribution in [0.25, 0.3) is 0 Å². The number of carboxylic acid groups (broad SMARTS) is 1. The fraction of sp³-hybridized carbons (Fsp3) is 0.360. The highest BCUT2D eigenvalue weighted by Crippen LogP contribution is 2.48. The Kier molecular flexibility index (Phi) is 6.95. The number of Topliss-reactive ketones (excluding diaryl/α,β-unsaturated/α-hetero) is 2. The molecule has 0 saturated heterocycles. The normalized spacial score (nSPS) is 14.3. The summed E-state index contributed by atoms with van der Waals surface area (Å²) in [6.07, 6.45) is 0.130. The molecule has 1 aliphatic rings. The van der Waals surface area contributed by atoms with Crippen LogP contribution in [0, 0.1) is 11.3 Å². The third-order valence-electron chi connectivity index (χ3n) is 6.23. The van der Waals surface area contributed by atoms with Crippen molar-refractivity contribution in [2.75, 3.05) is 24.9 Å². The lowest BCUT2D eigenvalue weighted by Gasteiger charge is -2.31. The molecule has 2 aromatic carbocycles. The second-order valence-electron chi connectivity index (χ2n) is 8.37. The van der Waals surface area contributed by atoms with Crippen LogP contribution >= 0.6 is 0 Å². The van der Waals surface area contributed by atoms with Crippen LogP contribution in [0.5, 0.6) is 5.75 Å². The molecule has 2 aromatic rings. The average Bonchev–Trinajstić information content (AvgIpc) is 2.85. The van der Waals surface area contributed by atoms with Crippen molar-refractivity contribution in [2.24, 2.45) is 11.3 Å². The van der Waals surface area contributed by atoms with Gasteiger partial charge in [0.25, 0.3) is 0 Å². The zero-order valence-electron chi connectivity index (χ0n) is 19.8. The van der Waals surface area contributed by atoms with E-state index in [1.807, 2.05) is 0 Å². The maximum Gasteiger partial charge on any atom is 0.337 e. The molecule has 2 unspecified atom stereocenters. The second-order valence-corrected chi connectivity index (χ2v) is 8.37. The Hall–Kier alpha value is -3.88. The Morgan fingerprint density at radius 2 is 1.74 bits per heavy atom. The molecule has 1 aliphatic heterocycles. The SMILES string of the molecule is CCC(=O)C(C)C(=O)C(C)(Cc1ccc(OC)c2c1Nc1cccc(C(=O)O)c1N2)C(=O)OC. The van der Waals surface area contributed by atoms with Gasteiger partial charge in [0.15, 0.2) is 5.78 Å². The van der Waals surface area contributed by atoms with Crippen LogP contribution in [-0.2, 0) is 25.5 Å². The van der Waals surface area contributed by atoms with Gasteiger partial charge in [0.2, 0.25) is 0 Å². The predicted molar refractivity (Wildman–Crippen MR) is 126 cm³/mol. The first kappa shape index (κ1) is 24.8. The zero-order valence-corrected chi connectivity index (χ0v) is 19.8. The molecule has 0 aliphatic carbocycles.